The number of rotatable bonds is 8. The largest absolute Gasteiger partial charge is 0.494 e. The van der Waals surface area contributed by atoms with Crippen LogP contribution in [0.15, 0.2) is 30.5 Å². The summed E-state index contributed by atoms with van der Waals surface area (Å²) in [5.41, 5.74) is 6.63. The van der Waals surface area contributed by atoms with Crippen molar-refractivity contribution in [1.29, 1.82) is 0 Å². The maximum absolute atomic E-state index is 5.81. The molecule has 108 valence electrons. The summed E-state index contributed by atoms with van der Waals surface area (Å²) in [4.78, 5) is 0. The lowest BCUT2D eigenvalue weighted by Gasteiger charge is -2.07. The van der Waals surface area contributed by atoms with Gasteiger partial charge in [-0.3, -0.25) is 0 Å². The first kappa shape index (κ1) is 14.8. The summed E-state index contributed by atoms with van der Waals surface area (Å²) in [6.45, 7) is 2.15. The molecule has 5 nitrogen and oxygen atoms in total. The van der Waals surface area contributed by atoms with Crippen LogP contribution in [0.5, 0.6) is 5.75 Å². The third kappa shape index (κ3) is 4.51. The Kier molecular flexibility index (Phi) is 5.83. The molecule has 1 heterocycles. The van der Waals surface area contributed by atoms with Crippen molar-refractivity contribution in [3.05, 3.63) is 41.2 Å². The number of aryl methyl sites for hydroxylation is 1. The first-order valence-electron chi connectivity index (χ1n) is 6.75. The molecule has 0 unspecified atom stereocenters. The zero-order chi connectivity index (χ0) is 14.2. The maximum Gasteiger partial charge on any atom is 0.119 e. The van der Waals surface area contributed by atoms with Gasteiger partial charge in [-0.1, -0.05) is 16.8 Å². The summed E-state index contributed by atoms with van der Waals surface area (Å²) in [5, 5.41) is 8.68. The van der Waals surface area contributed by atoms with Gasteiger partial charge in [-0.15, -0.1) is 5.10 Å². The van der Waals surface area contributed by atoms with Crippen LogP contribution in [0, 0.1) is 0 Å². The Morgan fingerprint density at radius 2 is 2.00 bits per heavy atom. The van der Waals surface area contributed by atoms with Crippen LogP contribution in [-0.2, 0) is 13.0 Å². The molecule has 0 spiro atoms. The van der Waals surface area contributed by atoms with E-state index in [1.807, 2.05) is 28.9 Å². The number of halogens is 1. The van der Waals surface area contributed by atoms with Crippen molar-refractivity contribution >= 4 is 11.6 Å². The highest BCUT2D eigenvalue weighted by Gasteiger charge is 2.02. The lowest BCUT2D eigenvalue weighted by molar-refractivity contribution is 0.301. The molecule has 2 rings (SSSR count). The van der Waals surface area contributed by atoms with Crippen molar-refractivity contribution in [2.75, 3.05) is 13.2 Å². The fourth-order valence-corrected chi connectivity index (χ4v) is 2.02. The van der Waals surface area contributed by atoms with Crippen molar-refractivity contribution in [2.24, 2.45) is 5.73 Å². The van der Waals surface area contributed by atoms with Gasteiger partial charge in [0, 0.05) is 18.0 Å². The molecule has 6 heteroatoms. The van der Waals surface area contributed by atoms with Crippen molar-refractivity contribution in [3.63, 3.8) is 0 Å². The number of benzene rings is 1. The summed E-state index contributed by atoms with van der Waals surface area (Å²) >= 11 is 5.81. The van der Waals surface area contributed by atoms with Crippen LogP contribution in [0.3, 0.4) is 0 Å². The summed E-state index contributed by atoms with van der Waals surface area (Å²) in [5.74, 6) is 0.846. The van der Waals surface area contributed by atoms with Gasteiger partial charge in [-0.05, 0) is 43.7 Å². The van der Waals surface area contributed by atoms with E-state index in [4.69, 9.17) is 22.1 Å². The van der Waals surface area contributed by atoms with Crippen LogP contribution in [-0.4, -0.2) is 28.1 Å². The van der Waals surface area contributed by atoms with Gasteiger partial charge in [0.15, 0.2) is 0 Å². The SMILES string of the molecule is NCCc1cnnn1CCCCOc1ccc(Cl)cc1. The minimum atomic E-state index is 0.618. The molecule has 0 aliphatic heterocycles. The lowest BCUT2D eigenvalue weighted by atomic mass is 10.3. The molecule has 2 N–H and O–H groups in total. The van der Waals surface area contributed by atoms with E-state index in [2.05, 4.69) is 10.3 Å². The highest BCUT2D eigenvalue weighted by Crippen LogP contribution is 2.15. The Bertz CT molecular complexity index is 512. The Labute approximate surface area is 123 Å². The zero-order valence-electron chi connectivity index (χ0n) is 11.3. The van der Waals surface area contributed by atoms with Gasteiger partial charge in [0.25, 0.3) is 0 Å². The van der Waals surface area contributed by atoms with Gasteiger partial charge >= 0.3 is 0 Å². The van der Waals surface area contributed by atoms with Gasteiger partial charge in [-0.2, -0.15) is 0 Å². The Morgan fingerprint density at radius 1 is 1.20 bits per heavy atom. The van der Waals surface area contributed by atoms with Crippen molar-refractivity contribution in [3.8, 4) is 5.75 Å². The number of nitrogens with zero attached hydrogens (tertiary/aromatic N) is 3. The topological polar surface area (TPSA) is 66.0 Å². The summed E-state index contributed by atoms with van der Waals surface area (Å²) < 4.78 is 7.55. The first-order chi connectivity index (χ1) is 9.79. The molecule has 0 amide bonds. The lowest BCUT2D eigenvalue weighted by Crippen LogP contribution is -2.11. The average Bonchev–Trinajstić information content (AvgIpc) is 2.88. The Hall–Kier alpha value is -1.59. The summed E-state index contributed by atoms with van der Waals surface area (Å²) in [6.07, 6.45) is 4.55. The molecule has 0 saturated carbocycles. The minimum absolute atomic E-state index is 0.618. The molecule has 0 radical (unpaired) electrons. The van der Waals surface area contributed by atoms with E-state index in [1.165, 1.54) is 0 Å². The number of aromatic nitrogens is 3. The average molecular weight is 295 g/mol. The molecule has 0 aliphatic carbocycles. The minimum Gasteiger partial charge on any atom is -0.494 e. The van der Waals surface area contributed by atoms with Crippen molar-refractivity contribution in [1.82, 2.24) is 15.0 Å². The molecule has 0 aliphatic rings. The third-order valence-electron chi connectivity index (χ3n) is 2.94. The number of unbranched alkanes of at least 4 members (excludes halogenated alkanes) is 1. The van der Waals surface area contributed by atoms with Gasteiger partial charge in [-0.25, -0.2) is 4.68 Å². The van der Waals surface area contributed by atoms with Crippen molar-refractivity contribution in [2.45, 2.75) is 25.8 Å². The van der Waals surface area contributed by atoms with Gasteiger partial charge < -0.3 is 10.5 Å². The second kappa shape index (κ2) is 7.87. The Morgan fingerprint density at radius 3 is 2.75 bits per heavy atom. The molecule has 0 bridgehead atoms. The van der Waals surface area contributed by atoms with E-state index in [1.54, 1.807) is 6.20 Å². The van der Waals surface area contributed by atoms with Crippen LogP contribution in [0.2, 0.25) is 5.02 Å². The van der Waals surface area contributed by atoms with Crippen LogP contribution in [0.4, 0.5) is 0 Å². The fourth-order valence-electron chi connectivity index (χ4n) is 1.89. The molecule has 1 aromatic heterocycles. The van der Waals surface area contributed by atoms with E-state index in [0.717, 1.165) is 42.3 Å². The summed E-state index contributed by atoms with van der Waals surface area (Å²) in [7, 11) is 0. The molecule has 0 fully saturated rings. The highest BCUT2D eigenvalue weighted by atomic mass is 35.5. The molecular formula is C14H19ClN4O. The van der Waals surface area contributed by atoms with E-state index in [-0.39, 0.29) is 0 Å². The normalized spacial score (nSPS) is 10.7. The number of hydrogen-bond acceptors (Lipinski definition) is 4. The number of nitrogens with two attached hydrogens (primary N) is 1. The number of hydrogen-bond donors (Lipinski definition) is 1. The van der Waals surface area contributed by atoms with Crippen LogP contribution >= 0.6 is 11.6 Å². The Balaban J connectivity index is 1.66. The molecule has 1 aromatic carbocycles. The quantitative estimate of drug-likeness (QED) is 0.759. The van der Waals surface area contributed by atoms with Gasteiger partial charge in [0.2, 0.25) is 0 Å². The van der Waals surface area contributed by atoms with E-state index in [0.29, 0.717) is 13.2 Å². The molecule has 20 heavy (non-hydrogen) atoms. The predicted molar refractivity (Wildman–Crippen MR) is 79.0 cm³/mol. The molecular weight excluding hydrogens is 276 g/mol. The molecule has 0 saturated heterocycles. The molecule has 2 aromatic rings. The van der Waals surface area contributed by atoms with E-state index in [9.17, 15) is 0 Å². The van der Waals surface area contributed by atoms with E-state index >= 15 is 0 Å². The standard InChI is InChI=1S/C14H19ClN4O/c15-12-3-5-14(6-4-12)20-10-2-1-9-19-13(7-8-16)11-17-18-19/h3-6,11H,1-2,7-10,16H2. The smallest absolute Gasteiger partial charge is 0.119 e. The van der Waals surface area contributed by atoms with Crippen LogP contribution in [0.1, 0.15) is 18.5 Å². The van der Waals surface area contributed by atoms with Gasteiger partial charge in [0.05, 0.1) is 18.5 Å². The molecule has 0 atom stereocenters. The second-order valence-corrected chi connectivity index (χ2v) is 4.93. The monoisotopic (exact) mass is 294 g/mol. The van der Waals surface area contributed by atoms with Gasteiger partial charge in [0.1, 0.15) is 5.75 Å². The van der Waals surface area contributed by atoms with Crippen LogP contribution in [0.25, 0.3) is 0 Å². The summed E-state index contributed by atoms with van der Waals surface area (Å²) in [6, 6.07) is 7.40. The van der Waals surface area contributed by atoms with Crippen molar-refractivity contribution < 1.29 is 4.74 Å². The fraction of sp³-hybridized carbons (Fsp3) is 0.429. The highest BCUT2D eigenvalue weighted by molar-refractivity contribution is 6.30. The van der Waals surface area contributed by atoms with Crippen LogP contribution < -0.4 is 10.5 Å². The maximum atomic E-state index is 5.81. The third-order valence-corrected chi connectivity index (χ3v) is 3.20. The second-order valence-electron chi connectivity index (χ2n) is 4.50. The predicted octanol–water partition coefficient (Wildman–Crippen LogP) is 2.29. The first-order valence-corrected chi connectivity index (χ1v) is 7.13. The zero-order valence-corrected chi connectivity index (χ0v) is 12.1. The number of ether oxygens (including phenoxy) is 1. The van der Waals surface area contributed by atoms with E-state index < -0.39 is 0 Å².